The number of rotatable bonds is 5. The minimum atomic E-state index is -3.70. The van der Waals surface area contributed by atoms with E-state index < -0.39 is 20.0 Å². The second-order valence-electron chi connectivity index (χ2n) is 5.49. The third kappa shape index (κ3) is 3.83. The van der Waals surface area contributed by atoms with Crippen molar-refractivity contribution < 1.29 is 13.3 Å². The summed E-state index contributed by atoms with van der Waals surface area (Å²) in [4.78, 5) is 10.5. The van der Waals surface area contributed by atoms with Gasteiger partial charge in [-0.2, -0.15) is 0 Å². The lowest BCUT2D eigenvalue weighted by Crippen LogP contribution is -2.12. The molecule has 7 heteroatoms. The predicted molar refractivity (Wildman–Crippen MR) is 93.9 cm³/mol. The number of hydrogen-bond acceptors (Lipinski definition) is 4. The van der Waals surface area contributed by atoms with Crippen molar-refractivity contribution in [1.29, 1.82) is 0 Å². The van der Waals surface area contributed by atoms with Crippen molar-refractivity contribution in [2.75, 3.05) is 0 Å². The summed E-state index contributed by atoms with van der Waals surface area (Å²) >= 11 is 5.94. The fraction of sp³-hybridized carbons (Fsp3) is 0.176. The number of hydrogen-bond donors (Lipinski definition) is 0. The zero-order chi connectivity index (χ0) is 17.9. The summed E-state index contributed by atoms with van der Waals surface area (Å²) in [6.07, 6.45) is 1.61. The Hall–Kier alpha value is -2.18. The van der Waals surface area contributed by atoms with Crippen LogP contribution in [0.2, 0.25) is 5.02 Å². The monoisotopic (exact) mass is 365 g/mol. The van der Waals surface area contributed by atoms with E-state index in [9.17, 15) is 18.5 Å². The summed E-state index contributed by atoms with van der Waals surface area (Å²) in [6, 6.07) is 12.1. The van der Waals surface area contributed by atoms with E-state index in [2.05, 4.69) is 0 Å². The zero-order valence-corrected chi connectivity index (χ0v) is 14.7. The van der Waals surface area contributed by atoms with Gasteiger partial charge in [-0.1, -0.05) is 47.5 Å². The molecule has 0 fully saturated rings. The molecule has 126 valence electrons. The minimum Gasteiger partial charge on any atom is -0.258 e. The molecule has 0 aliphatic heterocycles. The van der Waals surface area contributed by atoms with Gasteiger partial charge in [-0.3, -0.25) is 10.1 Å². The van der Waals surface area contributed by atoms with E-state index in [0.29, 0.717) is 5.56 Å². The van der Waals surface area contributed by atoms with Gasteiger partial charge in [0.25, 0.3) is 5.69 Å². The molecule has 0 saturated heterocycles. The molecule has 2 aromatic carbocycles. The molecule has 24 heavy (non-hydrogen) atoms. The molecule has 0 aliphatic rings. The summed E-state index contributed by atoms with van der Waals surface area (Å²) in [6.45, 7) is 3.58. The molecule has 0 heterocycles. The third-order valence-electron chi connectivity index (χ3n) is 3.39. The van der Waals surface area contributed by atoms with Gasteiger partial charge in [0.05, 0.1) is 9.82 Å². The number of allylic oxidation sites excluding steroid dienone is 1. The average molecular weight is 366 g/mol. The van der Waals surface area contributed by atoms with Crippen LogP contribution in [0.15, 0.2) is 65.1 Å². The summed E-state index contributed by atoms with van der Waals surface area (Å²) in [7, 11) is -3.70. The molecule has 0 aromatic heterocycles. The first-order valence-corrected chi connectivity index (χ1v) is 9.03. The standard InChI is InChI=1S/C17H16ClNO4S/c1-12(2)10-17(24(22,23)14-6-4-3-5-7-14)13-8-9-16(19(20)21)15(18)11-13/h3-11,17H,1-2H3. The fourth-order valence-corrected chi connectivity index (χ4v) is 4.32. The van der Waals surface area contributed by atoms with Crippen LogP contribution in [0.3, 0.4) is 0 Å². The SMILES string of the molecule is CC(C)=CC(c1ccc([N+](=O)[O-])c(Cl)c1)S(=O)(=O)c1ccccc1. The van der Waals surface area contributed by atoms with Gasteiger partial charge in [-0.15, -0.1) is 0 Å². The smallest absolute Gasteiger partial charge is 0.258 e. The number of nitro benzene ring substituents is 1. The van der Waals surface area contributed by atoms with Crippen molar-refractivity contribution in [2.24, 2.45) is 0 Å². The van der Waals surface area contributed by atoms with Gasteiger partial charge in [0.15, 0.2) is 9.84 Å². The Kier molecular flexibility index (Phi) is 5.41. The van der Waals surface area contributed by atoms with E-state index in [4.69, 9.17) is 11.6 Å². The molecule has 0 aliphatic carbocycles. The highest BCUT2D eigenvalue weighted by Gasteiger charge is 2.28. The molecule has 0 spiro atoms. The topological polar surface area (TPSA) is 77.3 Å². The van der Waals surface area contributed by atoms with Crippen molar-refractivity contribution >= 4 is 27.1 Å². The first-order chi connectivity index (χ1) is 11.2. The van der Waals surface area contributed by atoms with E-state index >= 15 is 0 Å². The second kappa shape index (κ2) is 7.15. The van der Waals surface area contributed by atoms with Crippen molar-refractivity contribution in [3.63, 3.8) is 0 Å². The van der Waals surface area contributed by atoms with E-state index in [0.717, 1.165) is 5.57 Å². The van der Waals surface area contributed by atoms with E-state index in [1.807, 2.05) is 0 Å². The average Bonchev–Trinajstić information content (AvgIpc) is 2.52. The normalized spacial score (nSPS) is 12.5. The van der Waals surface area contributed by atoms with Crippen LogP contribution in [0, 0.1) is 10.1 Å². The van der Waals surface area contributed by atoms with E-state index in [1.54, 1.807) is 38.1 Å². The highest BCUT2D eigenvalue weighted by molar-refractivity contribution is 7.91. The number of nitro groups is 1. The van der Waals surface area contributed by atoms with Crippen molar-refractivity contribution in [3.8, 4) is 0 Å². The van der Waals surface area contributed by atoms with Crippen LogP contribution >= 0.6 is 11.6 Å². The molecule has 0 N–H and O–H groups in total. The van der Waals surface area contributed by atoms with Crippen LogP contribution in [0.4, 0.5) is 5.69 Å². The van der Waals surface area contributed by atoms with Crippen molar-refractivity contribution in [2.45, 2.75) is 24.0 Å². The highest BCUT2D eigenvalue weighted by atomic mass is 35.5. The number of sulfone groups is 1. The van der Waals surface area contributed by atoms with Crippen LogP contribution in [-0.2, 0) is 9.84 Å². The van der Waals surface area contributed by atoms with Crippen LogP contribution in [0.5, 0.6) is 0 Å². The van der Waals surface area contributed by atoms with Crippen molar-refractivity contribution in [1.82, 2.24) is 0 Å². The van der Waals surface area contributed by atoms with Gasteiger partial charge in [0.2, 0.25) is 0 Å². The first kappa shape index (κ1) is 18.2. The third-order valence-corrected chi connectivity index (χ3v) is 5.70. The number of nitrogens with zero attached hydrogens (tertiary/aromatic N) is 1. The van der Waals surface area contributed by atoms with Gasteiger partial charge >= 0.3 is 0 Å². The fourth-order valence-electron chi connectivity index (χ4n) is 2.27. The maximum Gasteiger partial charge on any atom is 0.287 e. The molecule has 2 aromatic rings. The van der Waals surface area contributed by atoms with Crippen LogP contribution in [-0.4, -0.2) is 13.3 Å². The van der Waals surface area contributed by atoms with Crippen LogP contribution in [0.1, 0.15) is 24.7 Å². The summed E-state index contributed by atoms with van der Waals surface area (Å²) < 4.78 is 26.0. The Labute approximate surface area is 145 Å². The molecule has 2 rings (SSSR count). The maximum absolute atomic E-state index is 13.0. The van der Waals surface area contributed by atoms with Gasteiger partial charge < -0.3 is 0 Å². The highest BCUT2D eigenvalue weighted by Crippen LogP contribution is 2.35. The molecular weight excluding hydrogens is 350 g/mol. The number of halogens is 1. The van der Waals surface area contributed by atoms with Gasteiger partial charge in [-0.05, 0) is 37.6 Å². The number of benzene rings is 2. The molecule has 5 nitrogen and oxygen atoms in total. The van der Waals surface area contributed by atoms with Crippen LogP contribution < -0.4 is 0 Å². The molecule has 0 saturated carbocycles. The van der Waals surface area contributed by atoms with Gasteiger partial charge in [0, 0.05) is 6.07 Å². The molecular formula is C17H16ClNO4S. The van der Waals surface area contributed by atoms with Gasteiger partial charge in [-0.25, -0.2) is 8.42 Å². The lowest BCUT2D eigenvalue weighted by atomic mass is 10.1. The molecule has 1 atom stereocenters. The molecule has 0 bridgehead atoms. The summed E-state index contributed by atoms with van der Waals surface area (Å²) in [5, 5.41) is 9.83. The molecule has 0 radical (unpaired) electrons. The summed E-state index contributed by atoms with van der Waals surface area (Å²) in [5.74, 6) is 0. The van der Waals surface area contributed by atoms with E-state index in [1.165, 1.54) is 30.3 Å². The summed E-state index contributed by atoms with van der Waals surface area (Å²) in [5.41, 5.74) is 0.943. The Balaban J connectivity index is 2.61. The maximum atomic E-state index is 13.0. The van der Waals surface area contributed by atoms with Crippen molar-refractivity contribution in [3.05, 3.63) is 80.9 Å². The largest absolute Gasteiger partial charge is 0.287 e. The zero-order valence-electron chi connectivity index (χ0n) is 13.1. The lowest BCUT2D eigenvalue weighted by molar-refractivity contribution is -0.384. The van der Waals surface area contributed by atoms with Gasteiger partial charge in [0.1, 0.15) is 10.3 Å². The Morgan fingerprint density at radius 1 is 1.17 bits per heavy atom. The second-order valence-corrected chi connectivity index (χ2v) is 7.97. The quantitative estimate of drug-likeness (QED) is 0.436. The lowest BCUT2D eigenvalue weighted by Gasteiger charge is -2.16. The first-order valence-electron chi connectivity index (χ1n) is 7.11. The Morgan fingerprint density at radius 3 is 2.29 bits per heavy atom. The van der Waals surface area contributed by atoms with E-state index in [-0.39, 0.29) is 15.6 Å². The minimum absolute atomic E-state index is 0.0899. The Morgan fingerprint density at radius 2 is 1.79 bits per heavy atom. The Bertz CT molecular complexity index is 888. The van der Waals surface area contributed by atoms with Crippen LogP contribution in [0.25, 0.3) is 0 Å². The predicted octanol–water partition coefficient (Wildman–Crippen LogP) is 4.73. The molecule has 0 amide bonds. The molecule has 1 unspecified atom stereocenters.